The van der Waals surface area contributed by atoms with Gasteiger partial charge in [0.2, 0.25) is 10.0 Å². The van der Waals surface area contributed by atoms with Crippen LogP contribution in [0, 0.1) is 13.8 Å². The minimum atomic E-state index is -3.60. The van der Waals surface area contributed by atoms with E-state index in [1.807, 2.05) is 32.0 Å². The smallest absolute Gasteiger partial charge is 0.257 e. The molecule has 0 heterocycles. The molecule has 152 valence electrons. The summed E-state index contributed by atoms with van der Waals surface area (Å²) in [6.45, 7) is 5.66. The molecule has 0 unspecified atom stereocenters. The van der Waals surface area contributed by atoms with Gasteiger partial charge in [-0.05, 0) is 38.0 Å². The van der Waals surface area contributed by atoms with Crippen LogP contribution in [0.25, 0.3) is 0 Å². The number of para-hydroxylation sites is 1. The predicted molar refractivity (Wildman–Crippen MR) is 111 cm³/mol. The number of methoxy groups -OCH3 is 2. The van der Waals surface area contributed by atoms with E-state index in [2.05, 4.69) is 5.32 Å². The Morgan fingerprint density at radius 2 is 1.61 bits per heavy atom. The number of ether oxygens (including phenoxy) is 2. The summed E-state index contributed by atoms with van der Waals surface area (Å²) in [7, 11) is -0.690. The average Bonchev–Trinajstić information content (AvgIpc) is 2.63. The Balaban J connectivity index is 2.65. The second-order valence-electron chi connectivity index (χ2n) is 6.37. The second-order valence-corrected chi connectivity index (χ2v) is 8.28. The van der Waals surface area contributed by atoms with E-state index in [-0.39, 0.29) is 17.8 Å². The van der Waals surface area contributed by atoms with Crippen LogP contribution in [0.1, 0.15) is 28.4 Å². The minimum absolute atomic E-state index is 0.165. The molecule has 2 aromatic carbocycles. The molecule has 0 bridgehead atoms. The first-order valence-electron chi connectivity index (χ1n) is 8.75. The number of nitrogens with one attached hydrogen (secondary N) is 1. The van der Waals surface area contributed by atoms with Crippen LogP contribution in [0.2, 0.25) is 0 Å². The van der Waals surface area contributed by atoms with Crippen molar-refractivity contribution >= 4 is 27.3 Å². The van der Waals surface area contributed by atoms with E-state index in [1.165, 1.54) is 26.4 Å². The summed E-state index contributed by atoms with van der Waals surface area (Å²) < 4.78 is 36.3. The molecule has 2 rings (SSSR count). The number of aryl methyl sites for hydroxylation is 2. The van der Waals surface area contributed by atoms with Gasteiger partial charge in [-0.15, -0.1) is 0 Å². The van der Waals surface area contributed by atoms with Crippen molar-refractivity contribution in [3.05, 3.63) is 47.0 Å². The normalized spacial score (nSPS) is 11.1. The molecule has 0 atom stereocenters. The minimum Gasteiger partial charge on any atom is -0.493 e. The van der Waals surface area contributed by atoms with Crippen LogP contribution in [0.4, 0.5) is 11.4 Å². The molecule has 0 saturated heterocycles. The van der Waals surface area contributed by atoms with Gasteiger partial charge < -0.3 is 14.8 Å². The summed E-state index contributed by atoms with van der Waals surface area (Å²) in [4.78, 5) is 13.1. The standard InChI is InChI=1S/C20H26N2O5S/c1-7-22(28(6,24)25)16-12-18(27-5)17(26-4)11-15(16)20(23)21-19-13(2)9-8-10-14(19)3/h8-12H,7H2,1-6H3,(H,21,23). The molecule has 0 aliphatic carbocycles. The summed E-state index contributed by atoms with van der Waals surface area (Å²) in [6.07, 6.45) is 1.10. The number of carbonyl (C=O) groups is 1. The maximum atomic E-state index is 13.1. The molecule has 0 aliphatic heterocycles. The second kappa shape index (κ2) is 8.52. The van der Waals surface area contributed by atoms with Gasteiger partial charge >= 0.3 is 0 Å². The van der Waals surface area contributed by atoms with E-state index >= 15 is 0 Å². The molecule has 0 saturated carbocycles. The van der Waals surface area contributed by atoms with Gasteiger partial charge in [-0.25, -0.2) is 8.42 Å². The first kappa shape index (κ1) is 21.6. The van der Waals surface area contributed by atoms with Gasteiger partial charge in [-0.1, -0.05) is 18.2 Å². The Bertz CT molecular complexity index is 966. The zero-order valence-electron chi connectivity index (χ0n) is 17.0. The molecular formula is C20H26N2O5S. The molecule has 0 aromatic heterocycles. The van der Waals surface area contributed by atoms with Crippen LogP contribution in [0.5, 0.6) is 11.5 Å². The van der Waals surface area contributed by atoms with Gasteiger partial charge in [0.05, 0.1) is 31.7 Å². The van der Waals surface area contributed by atoms with E-state index in [0.717, 1.165) is 21.7 Å². The van der Waals surface area contributed by atoms with Crippen LogP contribution < -0.4 is 19.1 Å². The van der Waals surface area contributed by atoms with Gasteiger partial charge in [0.25, 0.3) is 5.91 Å². The third kappa shape index (κ3) is 4.39. The van der Waals surface area contributed by atoms with Gasteiger partial charge in [0, 0.05) is 18.3 Å². The summed E-state index contributed by atoms with van der Waals surface area (Å²) in [6, 6.07) is 8.69. The van der Waals surface area contributed by atoms with Crippen molar-refractivity contribution in [2.45, 2.75) is 20.8 Å². The third-order valence-electron chi connectivity index (χ3n) is 4.42. The van der Waals surface area contributed by atoms with Gasteiger partial charge in [-0.3, -0.25) is 9.10 Å². The molecule has 0 spiro atoms. The lowest BCUT2D eigenvalue weighted by atomic mass is 10.1. The number of benzene rings is 2. The van der Waals surface area contributed by atoms with Crippen LogP contribution in [0.3, 0.4) is 0 Å². The lowest BCUT2D eigenvalue weighted by molar-refractivity contribution is 0.102. The van der Waals surface area contributed by atoms with Gasteiger partial charge in [0.15, 0.2) is 11.5 Å². The predicted octanol–water partition coefficient (Wildman–Crippen LogP) is 3.36. The summed E-state index contributed by atoms with van der Waals surface area (Å²) in [5, 5.41) is 2.90. The van der Waals surface area contributed by atoms with Gasteiger partial charge in [-0.2, -0.15) is 0 Å². The summed E-state index contributed by atoms with van der Waals surface area (Å²) in [5.74, 6) is 0.237. The van der Waals surface area contributed by atoms with E-state index in [0.29, 0.717) is 17.2 Å². The van der Waals surface area contributed by atoms with E-state index in [4.69, 9.17) is 9.47 Å². The first-order chi connectivity index (χ1) is 13.1. The molecule has 0 fully saturated rings. The van der Waals surface area contributed by atoms with Crippen molar-refractivity contribution in [1.82, 2.24) is 0 Å². The van der Waals surface area contributed by atoms with Crippen LogP contribution >= 0.6 is 0 Å². The maximum Gasteiger partial charge on any atom is 0.257 e. The number of carbonyl (C=O) groups excluding carboxylic acids is 1. The van der Waals surface area contributed by atoms with Crippen molar-refractivity contribution in [2.24, 2.45) is 0 Å². The quantitative estimate of drug-likeness (QED) is 0.762. The first-order valence-corrected chi connectivity index (χ1v) is 10.6. The molecule has 0 aliphatic rings. The summed E-state index contributed by atoms with van der Waals surface area (Å²) >= 11 is 0. The number of nitrogens with zero attached hydrogens (tertiary/aromatic N) is 1. The summed E-state index contributed by atoms with van der Waals surface area (Å²) in [5.41, 5.74) is 2.91. The highest BCUT2D eigenvalue weighted by atomic mass is 32.2. The zero-order valence-corrected chi connectivity index (χ0v) is 17.8. The molecule has 0 radical (unpaired) electrons. The fraction of sp³-hybridized carbons (Fsp3) is 0.350. The number of hydrogen-bond acceptors (Lipinski definition) is 5. The Morgan fingerprint density at radius 1 is 1.07 bits per heavy atom. The van der Waals surface area contributed by atoms with Crippen molar-refractivity contribution in [3.63, 3.8) is 0 Å². The number of hydrogen-bond donors (Lipinski definition) is 1. The van der Waals surface area contributed by atoms with Crippen LogP contribution in [-0.4, -0.2) is 41.3 Å². The van der Waals surface area contributed by atoms with E-state index in [1.54, 1.807) is 6.92 Å². The molecule has 28 heavy (non-hydrogen) atoms. The molecule has 1 amide bonds. The van der Waals surface area contributed by atoms with Crippen LogP contribution in [0.15, 0.2) is 30.3 Å². The zero-order chi connectivity index (χ0) is 21.1. The fourth-order valence-corrected chi connectivity index (χ4v) is 4.01. The fourth-order valence-electron chi connectivity index (χ4n) is 3.03. The monoisotopic (exact) mass is 406 g/mol. The van der Waals surface area contributed by atoms with E-state index < -0.39 is 15.9 Å². The molecule has 8 heteroatoms. The van der Waals surface area contributed by atoms with Crippen molar-refractivity contribution in [1.29, 1.82) is 0 Å². The molecule has 7 nitrogen and oxygen atoms in total. The topological polar surface area (TPSA) is 84.9 Å². The molecule has 2 aromatic rings. The van der Waals surface area contributed by atoms with E-state index in [9.17, 15) is 13.2 Å². The number of sulfonamides is 1. The molecule has 1 N–H and O–H groups in total. The Labute approximate surface area is 166 Å². The average molecular weight is 407 g/mol. The Morgan fingerprint density at radius 3 is 2.07 bits per heavy atom. The maximum absolute atomic E-state index is 13.1. The Hall–Kier alpha value is -2.74. The van der Waals surface area contributed by atoms with Gasteiger partial charge in [0.1, 0.15) is 0 Å². The van der Waals surface area contributed by atoms with Crippen LogP contribution in [-0.2, 0) is 10.0 Å². The number of anilines is 2. The SMILES string of the molecule is CCN(c1cc(OC)c(OC)cc1C(=O)Nc1c(C)cccc1C)S(C)(=O)=O. The van der Waals surface area contributed by atoms with Crippen molar-refractivity contribution in [2.75, 3.05) is 36.6 Å². The lowest BCUT2D eigenvalue weighted by Crippen LogP contribution is -2.31. The highest BCUT2D eigenvalue weighted by molar-refractivity contribution is 7.92. The highest BCUT2D eigenvalue weighted by Gasteiger charge is 2.25. The lowest BCUT2D eigenvalue weighted by Gasteiger charge is -2.25. The highest BCUT2D eigenvalue weighted by Crippen LogP contribution is 2.36. The van der Waals surface area contributed by atoms with Crippen molar-refractivity contribution < 1.29 is 22.7 Å². The number of amides is 1. The Kier molecular flexibility index (Phi) is 6.56. The van der Waals surface area contributed by atoms with Crippen molar-refractivity contribution in [3.8, 4) is 11.5 Å². The number of rotatable bonds is 7. The largest absolute Gasteiger partial charge is 0.493 e. The third-order valence-corrected chi connectivity index (χ3v) is 5.68. The molecular weight excluding hydrogens is 380 g/mol.